The highest BCUT2D eigenvalue weighted by Gasteiger charge is 2.26. The summed E-state index contributed by atoms with van der Waals surface area (Å²) in [5.41, 5.74) is 6.80. The van der Waals surface area contributed by atoms with Gasteiger partial charge in [0.1, 0.15) is 0 Å². The Balaban J connectivity index is 2.59. The van der Waals surface area contributed by atoms with E-state index in [9.17, 15) is 0 Å². The van der Waals surface area contributed by atoms with Gasteiger partial charge in [-0.2, -0.15) is 0 Å². The molecule has 2 aromatic rings. The van der Waals surface area contributed by atoms with E-state index in [0.717, 1.165) is 5.56 Å². The quantitative estimate of drug-likeness (QED) is 0.695. The maximum atomic E-state index is 8.69. The molecule has 0 fully saturated rings. The first-order valence-electron chi connectivity index (χ1n) is 3.98. The lowest BCUT2D eigenvalue weighted by Crippen LogP contribution is -1.79. The molecule has 5 nitrogen and oxygen atoms in total. The average molecular weight is 187 g/mol. The van der Waals surface area contributed by atoms with Crippen molar-refractivity contribution in [2.45, 2.75) is 0 Å². The SMILES string of the molecule is N#[N+]c1c(-c2ccccc2)noc1N. The van der Waals surface area contributed by atoms with Gasteiger partial charge in [0.15, 0.2) is 4.98 Å². The Hall–Kier alpha value is -2.35. The van der Waals surface area contributed by atoms with Crippen LogP contribution < -0.4 is 5.73 Å². The van der Waals surface area contributed by atoms with Gasteiger partial charge in [-0.25, -0.2) is 0 Å². The summed E-state index contributed by atoms with van der Waals surface area (Å²) in [6.45, 7) is 0. The average Bonchev–Trinajstić information content (AvgIpc) is 2.61. The number of rotatable bonds is 1. The van der Waals surface area contributed by atoms with Crippen LogP contribution in [-0.4, -0.2) is 5.16 Å². The zero-order valence-electron chi connectivity index (χ0n) is 7.21. The summed E-state index contributed by atoms with van der Waals surface area (Å²) in [5, 5.41) is 12.4. The van der Waals surface area contributed by atoms with Crippen LogP contribution in [0.15, 0.2) is 34.9 Å². The van der Waals surface area contributed by atoms with Crippen molar-refractivity contribution in [1.29, 1.82) is 5.39 Å². The van der Waals surface area contributed by atoms with E-state index < -0.39 is 0 Å². The minimum atomic E-state index is 0.00588. The van der Waals surface area contributed by atoms with Gasteiger partial charge in [-0.1, -0.05) is 35.5 Å². The Bertz CT molecular complexity index is 483. The van der Waals surface area contributed by atoms with Gasteiger partial charge in [-0.15, -0.1) is 0 Å². The van der Waals surface area contributed by atoms with Crippen LogP contribution in [0.5, 0.6) is 0 Å². The van der Waals surface area contributed by atoms with Crippen LogP contribution in [0.3, 0.4) is 0 Å². The molecule has 0 saturated carbocycles. The third kappa shape index (κ3) is 1.19. The zero-order chi connectivity index (χ0) is 9.97. The van der Waals surface area contributed by atoms with Gasteiger partial charge in [0.05, 0.1) is 0 Å². The lowest BCUT2D eigenvalue weighted by atomic mass is 10.1. The van der Waals surface area contributed by atoms with Crippen molar-refractivity contribution in [3.8, 4) is 11.3 Å². The predicted octanol–water partition coefficient (Wildman–Crippen LogP) is 2.41. The minimum Gasteiger partial charge on any atom is -0.361 e. The second-order valence-corrected chi connectivity index (χ2v) is 2.71. The summed E-state index contributed by atoms with van der Waals surface area (Å²) < 4.78 is 4.71. The summed E-state index contributed by atoms with van der Waals surface area (Å²) >= 11 is 0. The van der Waals surface area contributed by atoms with Crippen LogP contribution in [0.2, 0.25) is 0 Å². The number of nitrogens with two attached hydrogens (primary N) is 1. The van der Waals surface area contributed by atoms with Crippen molar-refractivity contribution in [2.24, 2.45) is 0 Å². The van der Waals surface area contributed by atoms with E-state index >= 15 is 0 Å². The largest absolute Gasteiger partial charge is 0.475 e. The van der Waals surface area contributed by atoms with Crippen LogP contribution >= 0.6 is 0 Å². The minimum absolute atomic E-state index is 0.00588. The number of nitrogens with zero attached hydrogens (tertiary/aromatic N) is 3. The van der Waals surface area contributed by atoms with E-state index in [2.05, 4.69) is 10.1 Å². The van der Waals surface area contributed by atoms with Gasteiger partial charge in [0, 0.05) is 5.56 Å². The molecule has 0 saturated heterocycles. The van der Waals surface area contributed by atoms with Crippen LogP contribution in [-0.2, 0) is 0 Å². The fraction of sp³-hybridized carbons (Fsp3) is 0. The Morgan fingerprint density at radius 2 is 2.00 bits per heavy atom. The molecule has 0 amide bonds. The molecule has 0 bridgehead atoms. The fourth-order valence-electron chi connectivity index (χ4n) is 1.18. The molecule has 2 N–H and O–H groups in total. The van der Waals surface area contributed by atoms with Crippen molar-refractivity contribution in [3.05, 3.63) is 35.3 Å². The highest BCUT2D eigenvalue weighted by Crippen LogP contribution is 2.34. The molecule has 5 heteroatoms. The van der Waals surface area contributed by atoms with Gasteiger partial charge in [0.2, 0.25) is 11.1 Å². The smallest absolute Gasteiger partial charge is 0.361 e. The normalized spacial score (nSPS) is 9.64. The van der Waals surface area contributed by atoms with E-state index in [1.165, 1.54) is 0 Å². The first kappa shape index (κ1) is 8.26. The molecule has 2 rings (SSSR count). The molecule has 14 heavy (non-hydrogen) atoms. The molecule has 0 aliphatic rings. The van der Waals surface area contributed by atoms with Gasteiger partial charge in [-0.3, -0.25) is 0 Å². The summed E-state index contributed by atoms with van der Waals surface area (Å²) in [5.74, 6) is 0.00588. The number of diazo groups is 1. The van der Waals surface area contributed by atoms with Crippen molar-refractivity contribution in [3.63, 3.8) is 0 Å². The molecule has 0 aliphatic carbocycles. The number of anilines is 1. The zero-order valence-corrected chi connectivity index (χ0v) is 7.21. The summed E-state index contributed by atoms with van der Waals surface area (Å²) in [6.07, 6.45) is 0. The van der Waals surface area contributed by atoms with Gasteiger partial charge in [-0.05, 0) is 0 Å². The number of aromatic nitrogens is 1. The molecule has 0 spiro atoms. The van der Waals surface area contributed by atoms with Crippen molar-refractivity contribution < 1.29 is 4.52 Å². The Kier molecular flexibility index (Phi) is 1.88. The lowest BCUT2D eigenvalue weighted by molar-refractivity contribution is 0.439. The van der Waals surface area contributed by atoms with Crippen LogP contribution in [0.25, 0.3) is 16.2 Å². The van der Waals surface area contributed by atoms with Crippen molar-refractivity contribution >= 4 is 11.6 Å². The van der Waals surface area contributed by atoms with Gasteiger partial charge in [0.25, 0.3) is 0 Å². The maximum absolute atomic E-state index is 8.69. The monoisotopic (exact) mass is 187 g/mol. The molecule has 1 aromatic carbocycles. The van der Waals surface area contributed by atoms with Crippen LogP contribution in [0.1, 0.15) is 0 Å². The summed E-state index contributed by atoms with van der Waals surface area (Å²) in [4.78, 5) is 3.03. The number of nitrogen functional groups attached to an aromatic ring is 1. The highest BCUT2D eigenvalue weighted by atomic mass is 16.5. The predicted molar refractivity (Wildman–Crippen MR) is 51.1 cm³/mol. The molecule has 0 aliphatic heterocycles. The maximum Gasteiger partial charge on any atom is 0.475 e. The van der Waals surface area contributed by atoms with Gasteiger partial charge >= 0.3 is 11.6 Å². The van der Waals surface area contributed by atoms with E-state index in [4.69, 9.17) is 15.6 Å². The second kappa shape index (κ2) is 3.18. The highest BCUT2D eigenvalue weighted by molar-refractivity contribution is 5.80. The van der Waals surface area contributed by atoms with E-state index in [1.807, 2.05) is 30.3 Å². The second-order valence-electron chi connectivity index (χ2n) is 2.71. The molecule has 68 valence electrons. The lowest BCUT2D eigenvalue weighted by Gasteiger charge is -1.89. The van der Waals surface area contributed by atoms with Gasteiger partial charge < -0.3 is 10.3 Å². The summed E-state index contributed by atoms with van der Waals surface area (Å²) in [7, 11) is 0. The van der Waals surface area contributed by atoms with E-state index in [0.29, 0.717) is 5.69 Å². The molecule has 0 radical (unpaired) electrons. The number of hydrogen-bond donors (Lipinski definition) is 1. The number of benzene rings is 1. The molecule has 1 aromatic heterocycles. The number of hydrogen-bond acceptors (Lipinski definition) is 4. The molecular formula is C9H7N4O+. The first-order valence-corrected chi connectivity index (χ1v) is 3.98. The topological polar surface area (TPSA) is 80.2 Å². The van der Waals surface area contributed by atoms with Crippen LogP contribution in [0, 0.1) is 5.39 Å². The molecule has 0 unspecified atom stereocenters. The first-order chi connectivity index (χ1) is 6.83. The third-order valence-corrected chi connectivity index (χ3v) is 1.84. The molecular weight excluding hydrogens is 180 g/mol. The summed E-state index contributed by atoms with van der Waals surface area (Å²) in [6, 6.07) is 9.23. The third-order valence-electron chi connectivity index (χ3n) is 1.84. The van der Waals surface area contributed by atoms with E-state index in [-0.39, 0.29) is 11.6 Å². The Morgan fingerprint density at radius 3 is 2.64 bits per heavy atom. The standard InChI is InChI=1S/C9H7N4O/c10-9-8(12-11)7(13-14-9)6-4-2-1-3-5-6/h1-5H,10H2/q+1. The van der Waals surface area contributed by atoms with Crippen LogP contribution in [0.4, 0.5) is 11.6 Å². The Morgan fingerprint density at radius 1 is 1.29 bits per heavy atom. The van der Waals surface area contributed by atoms with E-state index in [1.54, 1.807) is 0 Å². The van der Waals surface area contributed by atoms with Crippen molar-refractivity contribution in [1.82, 2.24) is 5.16 Å². The fourth-order valence-corrected chi connectivity index (χ4v) is 1.18. The Labute approximate surface area is 79.8 Å². The molecule has 0 atom stereocenters. The van der Waals surface area contributed by atoms with Crippen molar-refractivity contribution in [2.75, 3.05) is 5.73 Å². The molecule has 1 heterocycles.